The van der Waals surface area contributed by atoms with Crippen molar-refractivity contribution < 1.29 is 48.3 Å². The Kier molecular flexibility index (Phi) is 9.95. The van der Waals surface area contributed by atoms with Crippen molar-refractivity contribution in [1.82, 2.24) is 0 Å². The Bertz CT molecular complexity index is 1590. The second-order valence-corrected chi connectivity index (χ2v) is 14.4. The number of allylic oxidation sites excluding steroid dienone is 3. The van der Waals surface area contributed by atoms with Gasteiger partial charge in [-0.15, -0.1) is 0 Å². The molecule has 1 spiro atoms. The molecule has 12 atom stereocenters. The molecular weight excluding hydrogens is 628 g/mol. The van der Waals surface area contributed by atoms with Gasteiger partial charge in [-0.2, -0.15) is 0 Å². The van der Waals surface area contributed by atoms with Crippen LogP contribution in [0.1, 0.15) is 58.1 Å². The van der Waals surface area contributed by atoms with E-state index in [1.807, 2.05) is 57.2 Å². The number of cyclic esters (lactones) is 1. The summed E-state index contributed by atoms with van der Waals surface area (Å²) >= 11 is 0. The van der Waals surface area contributed by atoms with Crippen molar-refractivity contribution in [3.05, 3.63) is 76.9 Å². The van der Waals surface area contributed by atoms with Crippen molar-refractivity contribution in [3.8, 4) is 5.75 Å². The van der Waals surface area contributed by atoms with Gasteiger partial charge < -0.3 is 33.9 Å². The third kappa shape index (κ3) is 6.39. The van der Waals surface area contributed by atoms with Crippen LogP contribution in [0, 0.1) is 36.5 Å². The van der Waals surface area contributed by atoms with Gasteiger partial charge in [0.2, 0.25) is 0 Å². The molecule has 6 rings (SSSR count). The van der Waals surface area contributed by atoms with E-state index in [2.05, 4.69) is 0 Å². The Hall–Kier alpha value is -3.73. The Morgan fingerprint density at radius 2 is 1.94 bits per heavy atom. The Labute approximate surface area is 287 Å². The lowest BCUT2D eigenvalue weighted by atomic mass is 9.57. The molecule has 49 heavy (non-hydrogen) atoms. The summed E-state index contributed by atoms with van der Waals surface area (Å²) in [7, 11) is 1.46. The van der Waals surface area contributed by atoms with E-state index in [0.717, 1.165) is 16.7 Å². The van der Waals surface area contributed by atoms with Crippen LogP contribution in [0.5, 0.6) is 5.75 Å². The molecule has 1 aromatic carbocycles. The monoisotopic (exact) mass is 676 g/mol. The van der Waals surface area contributed by atoms with Gasteiger partial charge in [-0.05, 0) is 62.8 Å². The van der Waals surface area contributed by atoms with E-state index in [4.69, 9.17) is 23.7 Å². The molecule has 2 heterocycles. The predicted molar refractivity (Wildman–Crippen MR) is 179 cm³/mol. The van der Waals surface area contributed by atoms with Crippen LogP contribution >= 0.6 is 0 Å². The molecule has 0 amide bonds. The van der Waals surface area contributed by atoms with Gasteiger partial charge >= 0.3 is 17.9 Å². The number of hydrogen-bond acceptors (Lipinski definition) is 10. The number of aliphatic hydroxyl groups is 1. The van der Waals surface area contributed by atoms with Gasteiger partial charge in [0.25, 0.3) is 0 Å². The number of benzene rings is 1. The standard InChI is InChI=1S/C39H48O10/c1-20-18-25(11-15-29(20)40)12-16-31(41)46-24(5)34-21(2)17-22(3)39-27(19-30(45-6)38(44)47-34)13-14-28-32(39)33(42)23(4)35(36(28)49-39)48-37(43)26-9-7-8-10-26/h7-9,11,13-15,17-18,21,23-24,27-28,30,32-36,40,42H,10,12,16,19H2,1-6H3/b22-17+/t21-,23-,24-,27-,28-,30+,32+,33-,34+,35-,36-,39+/m1/s1. The SMILES string of the molecule is CO[C@H]1C[C@H]2C=C[C@H]3[C@H]4O[C@]2(/C(C)=C/[C@@H](C)[C@@H]([C@@H](C)OC(=O)CCc2ccc(O)c(C)c2)OC1=O)[C@@H]3[C@H](O)[C@@H](C)[C@H]4OC(=O)C1=CC=CC1. The molecule has 1 aromatic rings. The highest BCUT2D eigenvalue weighted by Gasteiger charge is 2.69. The van der Waals surface area contributed by atoms with Gasteiger partial charge in [-0.25, -0.2) is 9.59 Å². The maximum absolute atomic E-state index is 13.7. The van der Waals surface area contributed by atoms with Gasteiger partial charge in [0.05, 0.1) is 6.10 Å². The highest BCUT2D eigenvalue weighted by molar-refractivity contribution is 5.90. The van der Waals surface area contributed by atoms with Crippen molar-refractivity contribution in [3.63, 3.8) is 0 Å². The summed E-state index contributed by atoms with van der Waals surface area (Å²) in [5.74, 6) is -2.91. The zero-order valence-corrected chi connectivity index (χ0v) is 29.0. The first-order chi connectivity index (χ1) is 23.3. The fraction of sp³-hybridized carbons (Fsp3) is 0.564. The number of aliphatic hydroxyl groups excluding tert-OH is 1. The van der Waals surface area contributed by atoms with E-state index in [9.17, 15) is 24.6 Å². The summed E-state index contributed by atoms with van der Waals surface area (Å²) in [6.07, 6.45) is 8.30. The van der Waals surface area contributed by atoms with Gasteiger partial charge in [0.1, 0.15) is 35.8 Å². The minimum atomic E-state index is -0.998. The second-order valence-electron chi connectivity index (χ2n) is 14.4. The summed E-state index contributed by atoms with van der Waals surface area (Å²) in [6, 6.07) is 5.21. The maximum Gasteiger partial charge on any atom is 0.335 e. The fourth-order valence-electron chi connectivity index (χ4n) is 8.74. The van der Waals surface area contributed by atoms with Crippen molar-refractivity contribution in [2.45, 2.75) is 103 Å². The number of ether oxygens (including phenoxy) is 5. The molecule has 2 fully saturated rings. The fourth-order valence-corrected chi connectivity index (χ4v) is 8.74. The number of rotatable bonds is 8. The number of phenolic OH excluding ortho intramolecular Hbond substituents is 1. The molecule has 0 aromatic heterocycles. The Morgan fingerprint density at radius 3 is 2.63 bits per heavy atom. The largest absolute Gasteiger partial charge is 0.508 e. The number of aromatic hydroxyl groups is 1. The van der Waals surface area contributed by atoms with E-state index >= 15 is 0 Å². The molecule has 3 aliphatic carbocycles. The zero-order chi connectivity index (χ0) is 35.2. The van der Waals surface area contributed by atoms with E-state index < -0.39 is 72.0 Å². The third-order valence-corrected chi connectivity index (χ3v) is 11.3. The molecule has 1 saturated heterocycles. The first kappa shape index (κ1) is 35.1. The van der Waals surface area contributed by atoms with Crippen LogP contribution in [0.3, 0.4) is 0 Å². The first-order valence-corrected chi connectivity index (χ1v) is 17.4. The average Bonchev–Trinajstić information content (AvgIpc) is 3.67. The first-order valence-electron chi connectivity index (χ1n) is 17.4. The number of hydrogen-bond donors (Lipinski definition) is 2. The molecule has 5 aliphatic rings. The number of esters is 3. The van der Waals surface area contributed by atoms with Crippen LogP contribution in [0.15, 0.2) is 65.8 Å². The lowest BCUT2D eigenvalue weighted by Gasteiger charge is -2.49. The molecule has 0 unspecified atom stereocenters. The lowest BCUT2D eigenvalue weighted by Crippen LogP contribution is -2.57. The van der Waals surface area contributed by atoms with Crippen molar-refractivity contribution >= 4 is 17.9 Å². The zero-order valence-electron chi connectivity index (χ0n) is 29.0. The van der Waals surface area contributed by atoms with Gasteiger partial charge in [-0.3, -0.25) is 4.79 Å². The second kappa shape index (κ2) is 13.9. The highest BCUT2D eigenvalue weighted by Crippen LogP contribution is 2.61. The molecular formula is C39H48O10. The Balaban J connectivity index is 1.26. The predicted octanol–water partition coefficient (Wildman–Crippen LogP) is 4.84. The van der Waals surface area contributed by atoms with Crippen LogP contribution in [0.2, 0.25) is 0 Å². The van der Waals surface area contributed by atoms with Crippen molar-refractivity contribution in [1.29, 1.82) is 0 Å². The van der Waals surface area contributed by atoms with Gasteiger partial charge in [0.15, 0.2) is 6.10 Å². The number of methoxy groups -OCH3 is 1. The number of phenols is 1. The topological polar surface area (TPSA) is 138 Å². The smallest absolute Gasteiger partial charge is 0.335 e. The molecule has 2 aliphatic heterocycles. The number of aryl methyl sites for hydroxylation is 2. The summed E-state index contributed by atoms with van der Waals surface area (Å²) in [4.78, 5) is 39.8. The summed E-state index contributed by atoms with van der Waals surface area (Å²) in [5.41, 5.74) is 2.06. The molecule has 10 heteroatoms. The van der Waals surface area contributed by atoms with Crippen LogP contribution in [0.4, 0.5) is 0 Å². The van der Waals surface area contributed by atoms with Crippen molar-refractivity contribution in [2.24, 2.45) is 29.6 Å². The minimum Gasteiger partial charge on any atom is -0.508 e. The van der Waals surface area contributed by atoms with Gasteiger partial charge in [-0.1, -0.05) is 62.4 Å². The lowest BCUT2D eigenvalue weighted by molar-refractivity contribution is -0.179. The molecule has 1 saturated carbocycles. The molecule has 2 N–H and O–H groups in total. The normalized spacial score (nSPS) is 38.1. The number of carbonyl (C=O) groups is 3. The van der Waals surface area contributed by atoms with E-state index in [0.29, 0.717) is 18.4 Å². The minimum absolute atomic E-state index is 0.115. The summed E-state index contributed by atoms with van der Waals surface area (Å²) in [5, 5.41) is 21.8. The van der Waals surface area contributed by atoms with Crippen LogP contribution in [-0.2, 0) is 44.5 Å². The van der Waals surface area contributed by atoms with Crippen LogP contribution in [0.25, 0.3) is 0 Å². The van der Waals surface area contributed by atoms with E-state index in [-0.39, 0.29) is 36.3 Å². The molecule has 264 valence electrons. The third-order valence-electron chi connectivity index (χ3n) is 11.3. The quantitative estimate of drug-likeness (QED) is 0.224. The van der Waals surface area contributed by atoms with Crippen molar-refractivity contribution in [2.75, 3.05) is 7.11 Å². The molecule has 4 bridgehead atoms. The highest BCUT2D eigenvalue weighted by atomic mass is 16.6. The molecule has 0 radical (unpaired) electrons. The maximum atomic E-state index is 13.7. The summed E-state index contributed by atoms with van der Waals surface area (Å²) < 4.78 is 30.8. The van der Waals surface area contributed by atoms with E-state index in [1.165, 1.54) is 7.11 Å². The Morgan fingerprint density at radius 1 is 1.16 bits per heavy atom. The van der Waals surface area contributed by atoms with Gasteiger partial charge in [0, 0.05) is 48.7 Å². The number of carbonyl (C=O) groups excluding carboxylic acids is 3. The molecule has 10 nitrogen and oxygen atoms in total. The average molecular weight is 677 g/mol. The van der Waals surface area contributed by atoms with Crippen LogP contribution in [-0.4, -0.2) is 77.5 Å². The van der Waals surface area contributed by atoms with E-state index in [1.54, 1.807) is 32.1 Å². The summed E-state index contributed by atoms with van der Waals surface area (Å²) in [6.45, 7) is 9.30. The van der Waals surface area contributed by atoms with Crippen LogP contribution < -0.4 is 0 Å².